The molecule has 2 aliphatic heterocycles. The van der Waals surface area contributed by atoms with Crippen LogP contribution in [0.1, 0.15) is 17.5 Å². The molecular formula is C19H17N5Na2O8S3. The van der Waals surface area contributed by atoms with E-state index < -0.39 is 51.2 Å². The number of aromatic amines is 1. The van der Waals surface area contributed by atoms with E-state index in [2.05, 4.69) is 20.5 Å². The Labute approximate surface area is 264 Å². The maximum absolute atomic E-state index is 12.7. The van der Waals surface area contributed by atoms with Gasteiger partial charge in [0.15, 0.2) is 6.10 Å². The van der Waals surface area contributed by atoms with Crippen LogP contribution in [0.25, 0.3) is 0 Å². The van der Waals surface area contributed by atoms with Gasteiger partial charge in [0, 0.05) is 11.5 Å². The van der Waals surface area contributed by atoms with Crippen molar-refractivity contribution in [3.05, 3.63) is 53.0 Å². The number of hydrogen-bond acceptors (Lipinski definition) is 12. The number of hydrogen-bond donors (Lipinski definition) is 3. The summed E-state index contributed by atoms with van der Waals surface area (Å²) in [4.78, 5) is 41.9. The van der Waals surface area contributed by atoms with Crippen molar-refractivity contribution in [1.82, 2.24) is 25.4 Å². The largest absolute Gasteiger partial charge is 1.00 e. The van der Waals surface area contributed by atoms with Crippen LogP contribution >= 0.6 is 23.5 Å². The molecule has 1 saturated heterocycles. The molecule has 4 rings (SSSR count). The number of nitrogens with zero attached hydrogens (tertiary/aromatic N) is 3. The third-order valence-corrected chi connectivity index (χ3v) is 8.00. The first kappa shape index (κ1) is 32.3. The monoisotopic (exact) mass is 585 g/mol. The van der Waals surface area contributed by atoms with Gasteiger partial charge in [0.1, 0.15) is 27.4 Å². The molecule has 37 heavy (non-hydrogen) atoms. The van der Waals surface area contributed by atoms with Gasteiger partial charge in [-0.2, -0.15) is 0 Å². The number of benzene rings is 1. The molecule has 1 unspecified atom stereocenters. The summed E-state index contributed by atoms with van der Waals surface area (Å²) >= 11 is 2.21. The average molecular weight is 586 g/mol. The number of aliphatic hydroxyl groups is 1. The maximum atomic E-state index is 12.7. The molecule has 13 nitrogen and oxygen atoms in total. The third-order valence-electron chi connectivity index (χ3n) is 5.10. The zero-order valence-electron chi connectivity index (χ0n) is 19.6. The summed E-state index contributed by atoms with van der Waals surface area (Å²) in [6.07, 6.45) is -1.49. The fourth-order valence-electron chi connectivity index (χ4n) is 3.53. The molecule has 0 saturated carbocycles. The first-order valence-corrected chi connectivity index (χ1v) is 13.6. The van der Waals surface area contributed by atoms with Gasteiger partial charge in [0.05, 0.1) is 17.4 Å². The Kier molecular flexibility index (Phi) is 11.7. The zero-order valence-corrected chi connectivity index (χ0v) is 26.1. The predicted octanol–water partition coefficient (Wildman–Crippen LogP) is -7.91. The van der Waals surface area contributed by atoms with Gasteiger partial charge in [-0.25, -0.2) is 13.4 Å². The number of aromatic nitrogens is 3. The van der Waals surface area contributed by atoms with E-state index in [0.29, 0.717) is 11.1 Å². The van der Waals surface area contributed by atoms with E-state index >= 15 is 0 Å². The third kappa shape index (κ3) is 7.60. The van der Waals surface area contributed by atoms with Crippen LogP contribution < -0.4 is 69.5 Å². The first-order chi connectivity index (χ1) is 16.5. The molecule has 3 heterocycles. The minimum Gasteiger partial charge on any atom is -0.748 e. The number of thioether (sulfide) groups is 2. The van der Waals surface area contributed by atoms with Crippen LogP contribution in [0.5, 0.6) is 0 Å². The van der Waals surface area contributed by atoms with Crippen molar-refractivity contribution >= 4 is 51.4 Å². The number of H-pyrrole nitrogens is 1. The molecule has 1 fully saturated rings. The van der Waals surface area contributed by atoms with Crippen molar-refractivity contribution in [3.8, 4) is 0 Å². The Balaban J connectivity index is 0.00000241. The fourth-order valence-corrected chi connectivity index (χ4v) is 6.29. The molecule has 186 valence electrons. The van der Waals surface area contributed by atoms with Gasteiger partial charge < -0.3 is 24.9 Å². The van der Waals surface area contributed by atoms with E-state index in [1.807, 2.05) is 0 Å². The second kappa shape index (κ2) is 13.4. The fraction of sp³-hybridized carbons (Fsp3) is 0.316. The van der Waals surface area contributed by atoms with Crippen molar-refractivity contribution < 1.29 is 96.7 Å². The van der Waals surface area contributed by atoms with Gasteiger partial charge in [-0.1, -0.05) is 42.1 Å². The Morgan fingerprint density at radius 2 is 1.97 bits per heavy atom. The van der Waals surface area contributed by atoms with Crippen molar-refractivity contribution in [3.63, 3.8) is 0 Å². The Bertz CT molecular complexity index is 1310. The van der Waals surface area contributed by atoms with Crippen LogP contribution in [0.2, 0.25) is 0 Å². The Morgan fingerprint density at radius 1 is 1.30 bits per heavy atom. The molecule has 0 radical (unpaired) electrons. The summed E-state index contributed by atoms with van der Waals surface area (Å²) in [5, 5.41) is 30.1. The van der Waals surface area contributed by atoms with Crippen molar-refractivity contribution in [2.75, 3.05) is 11.5 Å². The second-order valence-electron chi connectivity index (χ2n) is 7.50. The molecule has 0 bridgehead atoms. The zero-order chi connectivity index (χ0) is 25.3. The van der Waals surface area contributed by atoms with Gasteiger partial charge in [0.25, 0.3) is 11.8 Å². The molecule has 2 aromatic rings. The van der Waals surface area contributed by atoms with Crippen LogP contribution in [0.4, 0.5) is 0 Å². The van der Waals surface area contributed by atoms with Gasteiger partial charge >= 0.3 is 59.1 Å². The van der Waals surface area contributed by atoms with E-state index in [1.165, 1.54) is 11.8 Å². The number of amides is 2. The molecule has 2 aliphatic rings. The number of carbonyl (C=O) groups excluding carboxylic acids is 3. The average Bonchev–Trinajstić information content (AvgIpc) is 3.25. The second-order valence-corrected chi connectivity index (χ2v) is 11.0. The van der Waals surface area contributed by atoms with Crippen molar-refractivity contribution in [1.29, 1.82) is 0 Å². The minimum absolute atomic E-state index is 0. The van der Waals surface area contributed by atoms with E-state index in [-0.39, 0.29) is 87.3 Å². The molecule has 1 aromatic carbocycles. The topological polar surface area (TPSA) is 209 Å². The van der Waals surface area contributed by atoms with Crippen LogP contribution in [0.15, 0.2) is 46.8 Å². The van der Waals surface area contributed by atoms with Crippen molar-refractivity contribution in [2.45, 2.75) is 28.4 Å². The summed E-state index contributed by atoms with van der Waals surface area (Å²) in [6.45, 7) is 0. The van der Waals surface area contributed by atoms with Crippen LogP contribution in [0, 0.1) is 0 Å². The summed E-state index contributed by atoms with van der Waals surface area (Å²) in [5.41, 5.74) is 0.377. The number of carboxylic acid groups (broad SMARTS) is 1. The minimum atomic E-state index is -4.55. The molecule has 0 aliphatic carbocycles. The van der Waals surface area contributed by atoms with Crippen LogP contribution in [-0.2, 0) is 30.3 Å². The number of β-lactam (4-membered cyclic amide) rings is 1. The smallest absolute Gasteiger partial charge is 0.748 e. The summed E-state index contributed by atoms with van der Waals surface area (Å²) < 4.78 is 32.5. The van der Waals surface area contributed by atoms with E-state index in [0.717, 1.165) is 16.7 Å². The number of carboxylic acids is 1. The number of aliphatic carboxylic acids is 1. The molecule has 3 N–H and O–H groups in total. The molecule has 1 aromatic heterocycles. The predicted molar refractivity (Wildman–Crippen MR) is 119 cm³/mol. The van der Waals surface area contributed by atoms with Gasteiger partial charge in [-0.3, -0.25) is 19.6 Å². The first-order valence-electron chi connectivity index (χ1n) is 9.94. The van der Waals surface area contributed by atoms with Gasteiger partial charge in [-0.15, -0.1) is 16.9 Å². The normalized spacial score (nSPS) is 19.6. The molecule has 3 atom stereocenters. The van der Waals surface area contributed by atoms with Crippen molar-refractivity contribution in [2.24, 2.45) is 0 Å². The number of fused-ring (bicyclic) bond motifs is 1. The number of carbonyl (C=O) groups is 3. The summed E-state index contributed by atoms with van der Waals surface area (Å²) in [6, 6.07) is 7.14. The number of nitrogens with one attached hydrogen (secondary N) is 2. The Morgan fingerprint density at radius 3 is 2.59 bits per heavy atom. The standard InChI is InChI=1S/C19H19N5O8S3.2Na/c25-14(9-4-2-1-3-5-9)15(26)21-12-16(27)24-13(18(28)29)10(6-33-17(12)24)7-34-19-20-11(22-23-19)8-35(30,31)32;;/h1-5,12,14,17,25H,6-8H2,(H,21,26)(H,28,29)(H,20,22,23)(H,30,31,32);;/q;2*+1/p-2/t12?,14-,17-;;/m1../s1. The van der Waals surface area contributed by atoms with E-state index in [1.54, 1.807) is 30.3 Å². The molecule has 0 spiro atoms. The van der Waals surface area contributed by atoms with E-state index in [4.69, 9.17) is 0 Å². The van der Waals surface area contributed by atoms with Crippen LogP contribution in [-0.4, -0.2) is 78.9 Å². The molecule has 2 amide bonds. The quantitative estimate of drug-likeness (QED) is 0.109. The maximum Gasteiger partial charge on any atom is 1.00 e. The van der Waals surface area contributed by atoms with E-state index in [9.17, 15) is 37.6 Å². The molecular weight excluding hydrogens is 568 g/mol. The van der Waals surface area contributed by atoms with Crippen LogP contribution in [0.3, 0.4) is 0 Å². The van der Waals surface area contributed by atoms with Gasteiger partial charge in [0.2, 0.25) is 5.16 Å². The number of aliphatic hydroxyl groups excluding tert-OH is 1. The Hall–Kier alpha value is -0.920. The summed E-state index contributed by atoms with van der Waals surface area (Å²) in [7, 11) is -4.55. The SMILES string of the molecule is O=C([O-])C1=C(CSc2n[nH]c(CS(=O)(=O)[O-])n2)CS[C@@H]2C(NC(=O)[C@H](O)c3ccccc3)C(=O)N12.[Na+].[Na+]. The summed E-state index contributed by atoms with van der Waals surface area (Å²) in [5.74, 6) is -3.76. The number of rotatable bonds is 9. The molecule has 18 heteroatoms. The van der Waals surface area contributed by atoms with Gasteiger partial charge in [-0.05, 0) is 11.1 Å².